The fourth-order valence-electron chi connectivity index (χ4n) is 0.689. The fourth-order valence-corrected chi connectivity index (χ4v) is 1.21. The molecule has 0 saturated carbocycles. The van der Waals surface area contributed by atoms with Gasteiger partial charge in [0.15, 0.2) is 0 Å². The summed E-state index contributed by atoms with van der Waals surface area (Å²) >= 11 is 8.03. The summed E-state index contributed by atoms with van der Waals surface area (Å²) in [5.74, 6) is 0. The molecule has 68 valence electrons. The zero-order chi connectivity index (χ0) is 10.0. The first-order chi connectivity index (χ1) is 6.00. The SMILES string of the molecule is O=C(Cl)c1cc([N+](=O)[O-])cc(Br)n1. The Bertz CT molecular complexity index is 350. The van der Waals surface area contributed by atoms with E-state index in [0.29, 0.717) is 0 Å². The van der Waals surface area contributed by atoms with Crippen molar-refractivity contribution in [2.45, 2.75) is 0 Å². The smallest absolute Gasteiger partial charge is 0.274 e. The van der Waals surface area contributed by atoms with Crippen LogP contribution in [0.3, 0.4) is 0 Å². The molecule has 0 unspecified atom stereocenters. The van der Waals surface area contributed by atoms with E-state index in [0.717, 1.165) is 6.07 Å². The quantitative estimate of drug-likeness (QED) is 0.355. The molecule has 1 aromatic heterocycles. The number of carbonyl (C=O) groups excluding carboxylic acids is 1. The van der Waals surface area contributed by atoms with E-state index in [1.54, 1.807) is 0 Å². The van der Waals surface area contributed by atoms with E-state index in [4.69, 9.17) is 11.6 Å². The van der Waals surface area contributed by atoms with Gasteiger partial charge in [0.1, 0.15) is 10.3 Å². The zero-order valence-electron chi connectivity index (χ0n) is 6.03. The molecule has 0 bridgehead atoms. The lowest BCUT2D eigenvalue weighted by Crippen LogP contribution is -1.97. The van der Waals surface area contributed by atoms with E-state index in [1.807, 2.05) is 0 Å². The van der Waals surface area contributed by atoms with Gasteiger partial charge in [0.2, 0.25) is 0 Å². The van der Waals surface area contributed by atoms with Gasteiger partial charge in [-0.05, 0) is 27.5 Å². The molecular weight excluding hydrogens is 263 g/mol. The lowest BCUT2D eigenvalue weighted by atomic mass is 10.3. The van der Waals surface area contributed by atoms with Gasteiger partial charge < -0.3 is 0 Å². The number of halogens is 2. The number of nitro groups is 1. The topological polar surface area (TPSA) is 73.1 Å². The molecule has 7 heteroatoms. The minimum absolute atomic E-state index is 0.150. The fraction of sp³-hybridized carbons (Fsp3) is 0. The van der Waals surface area contributed by atoms with Crippen molar-refractivity contribution < 1.29 is 9.72 Å². The van der Waals surface area contributed by atoms with Crippen molar-refractivity contribution in [3.05, 3.63) is 32.5 Å². The van der Waals surface area contributed by atoms with Crippen molar-refractivity contribution in [2.24, 2.45) is 0 Å². The second kappa shape index (κ2) is 3.80. The van der Waals surface area contributed by atoms with Gasteiger partial charge in [0.25, 0.3) is 10.9 Å². The minimum atomic E-state index is -0.829. The summed E-state index contributed by atoms with van der Waals surface area (Å²) in [6.07, 6.45) is 0. The standard InChI is InChI=1S/C6H2BrClN2O3/c7-5-2-3(10(12)13)1-4(9-5)6(8)11/h1-2H. The Morgan fingerprint density at radius 3 is 2.69 bits per heavy atom. The summed E-state index contributed by atoms with van der Waals surface area (Å²) in [4.78, 5) is 24.0. The highest BCUT2D eigenvalue weighted by Gasteiger charge is 2.13. The number of aromatic nitrogens is 1. The van der Waals surface area contributed by atoms with Crippen molar-refractivity contribution >= 4 is 38.5 Å². The van der Waals surface area contributed by atoms with Gasteiger partial charge in [0.05, 0.1) is 4.92 Å². The average Bonchev–Trinajstić information content (AvgIpc) is 2.03. The van der Waals surface area contributed by atoms with Crippen molar-refractivity contribution in [2.75, 3.05) is 0 Å². The zero-order valence-corrected chi connectivity index (χ0v) is 8.37. The molecule has 0 saturated heterocycles. The normalized spacial score (nSPS) is 9.69. The van der Waals surface area contributed by atoms with Crippen LogP contribution in [0, 0.1) is 10.1 Å². The number of carbonyl (C=O) groups is 1. The number of hydrogen-bond acceptors (Lipinski definition) is 4. The molecule has 13 heavy (non-hydrogen) atoms. The Labute approximate surface area is 86.0 Å². The van der Waals surface area contributed by atoms with E-state index in [1.165, 1.54) is 6.07 Å². The van der Waals surface area contributed by atoms with Crippen LogP contribution in [-0.2, 0) is 0 Å². The van der Waals surface area contributed by atoms with Crippen LogP contribution in [0.5, 0.6) is 0 Å². The monoisotopic (exact) mass is 264 g/mol. The third-order valence-corrected chi connectivity index (χ3v) is 1.79. The maximum Gasteiger partial charge on any atom is 0.274 e. The molecule has 1 rings (SSSR count). The lowest BCUT2D eigenvalue weighted by molar-refractivity contribution is -0.385. The van der Waals surface area contributed by atoms with Crippen LogP contribution in [0.1, 0.15) is 10.5 Å². The Balaban J connectivity index is 3.26. The number of nitrogens with zero attached hydrogens (tertiary/aromatic N) is 2. The predicted molar refractivity (Wildman–Crippen MR) is 48.8 cm³/mol. The van der Waals surface area contributed by atoms with Gasteiger partial charge in [-0.25, -0.2) is 4.98 Å². The molecule has 0 N–H and O–H groups in total. The number of hydrogen-bond donors (Lipinski definition) is 0. The van der Waals surface area contributed by atoms with Crippen molar-refractivity contribution in [1.29, 1.82) is 0 Å². The van der Waals surface area contributed by atoms with Crippen LogP contribution in [0.15, 0.2) is 16.7 Å². The molecule has 0 aliphatic rings. The molecule has 5 nitrogen and oxygen atoms in total. The molecule has 0 aromatic carbocycles. The molecule has 0 aliphatic carbocycles. The van der Waals surface area contributed by atoms with Crippen LogP contribution in [0.2, 0.25) is 0 Å². The molecule has 0 spiro atoms. The molecule has 1 aromatic rings. The van der Waals surface area contributed by atoms with E-state index in [-0.39, 0.29) is 16.0 Å². The number of pyridine rings is 1. The van der Waals surface area contributed by atoms with Gasteiger partial charge in [-0.3, -0.25) is 14.9 Å². The second-order valence-electron chi connectivity index (χ2n) is 2.06. The first-order valence-electron chi connectivity index (χ1n) is 3.02. The highest BCUT2D eigenvalue weighted by Crippen LogP contribution is 2.18. The molecule has 0 aliphatic heterocycles. The molecule has 0 radical (unpaired) electrons. The van der Waals surface area contributed by atoms with Crippen molar-refractivity contribution in [3.8, 4) is 0 Å². The Kier molecular flexibility index (Phi) is 2.94. The van der Waals surface area contributed by atoms with Gasteiger partial charge in [0, 0.05) is 12.1 Å². The first kappa shape index (κ1) is 10.1. The third-order valence-electron chi connectivity index (χ3n) is 1.19. The molecule has 1 heterocycles. The Morgan fingerprint density at radius 2 is 2.23 bits per heavy atom. The number of rotatable bonds is 2. The Hall–Kier alpha value is -1.01. The largest absolute Gasteiger partial charge is 0.274 e. The van der Waals surface area contributed by atoms with Crippen LogP contribution >= 0.6 is 27.5 Å². The maximum atomic E-state index is 10.6. The van der Waals surface area contributed by atoms with E-state index in [2.05, 4.69) is 20.9 Å². The van der Waals surface area contributed by atoms with Gasteiger partial charge in [-0.15, -0.1) is 0 Å². The average molecular weight is 265 g/mol. The maximum absolute atomic E-state index is 10.6. The summed E-state index contributed by atoms with van der Waals surface area (Å²) in [7, 11) is 0. The van der Waals surface area contributed by atoms with Crippen LogP contribution in [-0.4, -0.2) is 15.1 Å². The minimum Gasteiger partial charge on any atom is -0.274 e. The van der Waals surface area contributed by atoms with Gasteiger partial charge >= 0.3 is 0 Å². The molecule has 0 fully saturated rings. The molecule has 0 atom stereocenters. The van der Waals surface area contributed by atoms with E-state index < -0.39 is 10.2 Å². The van der Waals surface area contributed by atoms with Crippen molar-refractivity contribution in [3.63, 3.8) is 0 Å². The summed E-state index contributed by atoms with van der Waals surface area (Å²) < 4.78 is 0.200. The van der Waals surface area contributed by atoms with Crippen LogP contribution in [0.4, 0.5) is 5.69 Å². The highest BCUT2D eigenvalue weighted by atomic mass is 79.9. The van der Waals surface area contributed by atoms with Crippen molar-refractivity contribution in [1.82, 2.24) is 4.98 Å². The molecule has 0 amide bonds. The predicted octanol–water partition coefficient (Wildman–Crippen LogP) is 2.13. The summed E-state index contributed by atoms with van der Waals surface area (Å²) in [5.41, 5.74) is -0.381. The van der Waals surface area contributed by atoms with Crippen LogP contribution in [0.25, 0.3) is 0 Å². The Morgan fingerprint density at radius 1 is 1.62 bits per heavy atom. The first-order valence-corrected chi connectivity index (χ1v) is 4.19. The summed E-state index contributed by atoms with van der Waals surface area (Å²) in [6, 6.07) is 2.20. The summed E-state index contributed by atoms with van der Waals surface area (Å²) in [6.45, 7) is 0. The second-order valence-corrected chi connectivity index (χ2v) is 3.22. The van der Waals surface area contributed by atoms with Crippen LogP contribution < -0.4 is 0 Å². The third kappa shape index (κ3) is 2.46. The molecular formula is C6H2BrClN2O3. The van der Waals surface area contributed by atoms with E-state index in [9.17, 15) is 14.9 Å². The highest BCUT2D eigenvalue weighted by molar-refractivity contribution is 9.10. The lowest BCUT2D eigenvalue weighted by Gasteiger charge is -1.95. The van der Waals surface area contributed by atoms with Gasteiger partial charge in [-0.1, -0.05) is 0 Å². The van der Waals surface area contributed by atoms with E-state index >= 15 is 0 Å². The van der Waals surface area contributed by atoms with Gasteiger partial charge in [-0.2, -0.15) is 0 Å². The summed E-state index contributed by atoms with van der Waals surface area (Å²) in [5, 5.41) is 9.50.